The van der Waals surface area contributed by atoms with E-state index in [1.165, 1.54) is 10.9 Å². The maximum atomic E-state index is 13.9. The van der Waals surface area contributed by atoms with Crippen LogP contribution >= 0.6 is 0 Å². The molecule has 1 amide bonds. The molecule has 4 aromatic rings. The van der Waals surface area contributed by atoms with Gasteiger partial charge in [0.25, 0.3) is 5.91 Å². The van der Waals surface area contributed by atoms with E-state index in [2.05, 4.69) is 35.9 Å². The summed E-state index contributed by atoms with van der Waals surface area (Å²) in [5, 5.41) is 18.7. The van der Waals surface area contributed by atoms with E-state index in [1.54, 1.807) is 7.05 Å². The molecule has 10 nitrogen and oxygen atoms in total. The molecule has 0 bridgehead atoms. The first-order valence-electron chi connectivity index (χ1n) is 9.51. The Morgan fingerprint density at radius 1 is 1.28 bits per heavy atom. The Bertz CT molecular complexity index is 1290. The van der Waals surface area contributed by atoms with Gasteiger partial charge in [-0.25, -0.2) is 13.8 Å². The smallest absolute Gasteiger partial charge is 0.273 e. The minimum atomic E-state index is -0.931. The molecule has 0 saturated heterocycles. The van der Waals surface area contributed by atoms with E-state index < -0.39 is 23.0 Å². The quantitative estimate of drug-likeness (QED) is 0.483. The number of tetrazole rings is 1. The number of pyridine rings is 2. The molecule has 0 saturated carbocycles. The van der Waals surface area contributed by atoms with E-state index in [0.717, 1.165) is 11.9 Å². The van der Waals surface area contributed by atoms with Crippen molar-refractivity contribution in [1.82, 2.24) is 40.6 Å². The maximum absolute atomic E-state index is 13.9. The van der Waals surface area contributed by atoms with Crippen LogP contribution in [0.4, 0.5) is 8.78 Å². The van der Waals surface area contributed by atoms with E-state index in [1.807, 2.05) is 32.0 Å². The van der Waals surface area contributed by atoms with Gasteiger partial charge in [0.2, 0.25) is 0 Å². The number of nitrogens with zero attached hydrogens (tertiary/aromatic N) is 7. The van der Waals surface area contributed by atoms with Crippen LogP contribution in [0.1, 0.15) is 34.6 Å². The van der Waals surface area contributed by atoms with Crippen molar-refractivity contribution in [1.29, 1.82) is 0 Å². The van der Waals surface area contributed by atoms with Crippen LogP contribution in [0.25, 0.3) is 11.5 Å². The molecule has 164 valence electrons. The first-order valence-corrected chi connectivity index (χ1v) is 9.51. The first kappa shape index (κ1) is 21.2. The van der Waals surface area contributed by atoms with E-state index in [0.29, 0.717) is 17.6 Å². The zero-order valence-corrected chi connectivity index (χ0v) is 17.4. The molecule has 0 aliphatic rings. The van der Waals surface area contributed by atoms with Gasteiger partial charge in [0.1, 0.15) is 11.5 Å². The predicted octanol–water partition coefficient (Wildman–Crippen LogP) is 1.98. The lowest BCUT2D eigenvalue weighted by atomic mass is 9.85. The number of carbonyl (C=O) groups excluding carboxylic acids is 1. The topological polar surface area (TPSA) is 125 Å². The highest BCUT2D eigenvalue weighted by Crippen LogP contribution is 2.28. The summed E-state index contributed by atoms with van der Waals surface area (Å²) >= 11 is 0. The molecule has 4 rings (SSSR count). The van der Waals surface area contributed by atoms with Crippen LogP contribution in [-0.4, -0.2) is 47.8 Å². The van der Waals surface area contributed by atoms with Crippen molar-refractivity contribution in [3.63, 3.8) is 0 Å². The monoisotopic (exact) mass is 440 g/mol. The number of amides is 1. The van der Waals surface area contributed by atoms with Gasteiger partial charge in [-0.1, -0.05) is 11.2 Å². The molecule has 4 aromatic heterocycles. The summed E-state index contributed by atoms with van der Waals surface area (Å²) in [6.45, 7) is 3.75. The number of hydrogen-bond acceptors (Lipinski definition) is 8. The normalized spacial score (nSPS) is 13.0. The number of hydrogen-bond donors (Lipinski definition) is 1. The molecular weight excluding hydrogens is 422 g/mol. The molecule has 1 atom stereocenters. The molecular formula is C20H18F2N8O2. The zero-order chi connectivity index (χ0) is 22.9. The van der Waals surface area contributed by atoms with Gasteiger partial charge in [-0.05, 0) is 31.2 Å². The van der Waals surface area contributed by atoms with E-state index in [4.69, 9.17) is 4.52 Å². The summed E-state index contributed by atoms with van der Waals surface area (Å²) in [5.74, 6) is -2.07. The van der Waals surface area contributed by atoms with Crippen molar-refractivity contribution in [2.24, 2.45) is 7.05 Å². The summed E-state index contributed by atoms with van der Waals surface area (Å²) < 4.78 is 32.0. The van der Waals surface area contributed by atoms with Crippen molar-refractivity contribution >= 4 is 5.91 Å². The second-order valence-electron chi connectivity index (χ2n) is 7.34. The Morgan fingerprint density at radius 2 is 2.09 bits per heavy atom. The number of rotatable bonds is 6. The molecule has 0 aliphatic carbocycles. The summed E-state index contributed by atoms with van der Waals surface area (Å²) in [5.41, 5.74) is 0.184. The third-order valence-corrected chi connectivity index (χ3v) is 4.84. The number of carbonyl (C=O) groups is 1. The van der Waals surface area contributed by atoms with Crippen molar-refractivity contribution in [3.8, 4) is 11.5 Å². The lowest BCUT2D eigenvalue weighted by Crippen LogP contribution is -2.41. The number of aromatic nitrogens is 7. The van der Waals surface area contributed by atoms with Gasteiger partial charge in [0.15, 0.2) is 23.1 Å². The second kappa shape index (κ2) is 8.21. The number of nitrogens with one attached hydrogen (secondary N) is 1. The molecule has 1 N–H and O–H groups in total. The maximum Gasteiger partial charge on any atom is 0.273 e. The largest absolute Gasteiger partial charge is 0.354 e. The number of halogens is 2. The van der Waals surface area contributed by atoms with Crippen LogP contribution in [0.15, 0.2) is 41.1 Å². The lowest BCUT2D eigenvalue weighted by molar-refractivity contribution is 0.0937. The minimum absolute atomic E-state index is 0.0688. The van der Waals surface area contributed by atoms with Crippen molar-refractivity contribution in [3.05, 3.63) is 71.1 Å². The molecule has 12 heteroatoms. The first-order chi connectivity index (χ1) is 15.3. The van der Waals surface area contributed by atoms with Crippen molar-refractivity contribution in [2.45, 2.75) is 19.3 Å². The summed E-state index contributed by atoms with van der Waals surface area (Å²) in [7, 11) is 1.64. The molecule has 0 aromatic carbocycles. The third-order valence-electron chi connectivity index (χ3n) is 4.84. The Labute approximate surface area is 180 Å². The predicted molar refractivity (Wildman–Crippen MR) is 106 cm³/mol. The molecule has 1 unspecified atom stereocenters. The highest BCUT2D eigenvalue weighted by molar-refractivity contribution is 5.93. The Hall–Kier alpha value is -4.09. The molecule has 0 spiro atoms. The van der Waals surface area contributed by atoms with Gasteiger partial charge in [-0.15, -0.1) is 10.2 Å². The van der Waals surface area contributed by atoms with Gasteiger partial charge in [0, 0.05) is 24.4 Å². The van der Waals surface area contributed by atoms with E-state index in [9.17, 15) is 13.6 Å². The lowest BCUT2D eigenvalue weighted by Gasteiger charge is -2.26. The minimum Gasteiger partial charge on any atom is -0.354 e. The van der Waals surface area contributed by atoms with E-state index in [-0.39, 0.29) is 23.7 Å². The van der Waals surface area contributed by atoms with Gasteiger partial charge in [0.05, 0.1) is 24.4 Å². The zero-order valence-electron chi connectivity index (χ0n) is 17.4. The summed E-state index contributed by atoms with van der Waals surface area (Å²) in [6.07, 6.45) is 0.842. The second-order valence-corrected chi connectivity index (χ2v) is 7.34. The van der Waals surface area contributed by atoms with E-state index >= 15 is 0 Å². The molecule has 0 aliphatic heterocycles. The fraction of sp³-hybridized carbons (Fsp3) is 0.250. The average Bonchev–Trinajstić information content (AvgIpc) is 3.41. The third kappa shape index (κ3) is 4.06. The average molecular weight is 440 g/mol. The van der Waals surface area contributed by atoms with Crippen LogP contribution in [0, 0.1) is 18.6 Å². The number of aryl methyl sites for hydroxylation is 2. The highest BCUT2D eigenvalue weighted by atomic mass is 19.1. The van der Waals surface area contributed by atoms with Crippen molar-refractivity contribution in [2.75, 3.05) is 6.54 Å². The fourth-order valence-electron chi connectivity index (χ4n) is 3.08. The summed E-state index contributed by atoms with van der Waals surface area (Å²) in [6, 6.07) is 7.40. The fourth-order valence-corrected chi connectivity index (χ4v) is 3.08. The van der Waals surface area contributed by atoms with Crippen LogP contribution in [0.2, 0.25) is 0 Å². The van der Waals surface area contributed by atoms with Gasteiger partial charge in [-0.3, -0.25) is 9.78 Å². The Balaban J connectivity index is 1.58. The Kier molecular flexibility index (Phi) is 5.43. The van der Waals surface area contributed by atoms with Crippen LogP contribution in [0.3, 0.4) is 0 Å². The molecule has 4 heterocycles. The molecule has 0 fully saturated rings. The summed E-state index contributed by atoms with van der Waals surface area (Å²) in [4.78, 5) is 22.2. The standard InChI is InChI=1S/C20H18F2N8O2/c1-11-5-4-6-16(25-11)20(2,19-26-29-30(3)27-19)10-24-18(31)14-8-15(32-28-14)17-13(22)7-12(21)9-23-17/h4-9H,10H2,1-3H3,(H,24,31). The van der Waals surface area contributed by atoms with Crippen LogP contribution in [0.5, 0.6) is 0 Å². The molecule has 0 radical (unpaired) electrons. The SMILES string of the molecule is Cc1cccc(C(C)(CNC(=O)c2cc(-c3ncc(F)cc3F)on2)c2nnn(C)n2)n1. The Morgan fingerprint density at radius 3 is 2.78 bits per heavy atom. The molecule has 32 heavy (non-hydrogen) atoms. The van der Waals surface area contributed by atoms with Gasteiger partial charge >= 0.3 is 0 Å². The van der Waals surface area contributed by atoms with Gasteiger partial charge in [-0.2, -0.15) is 4.80 Å². The van der Waals surface area contributed by atoms with Crippen molar-refractivity contribution < 1.29 is 18.1 Å². The van der Waals surface area contributed by atoms with Crippen LogP contribution < -0.4 is 5.32 Å². The van der Waals surface area contributed by atoms with Gasteiger partial charge < -0.3 is 9.84 Å². The highest BCUT2D eigenvalue weighted by Gasteiger charge is 2.36. The van der Waals surface area contributed by atoms with Crippen LogP contribution in [-0.2, 0) is 12.5 Å².